The molecule has 2 aliphatic rings. The number of hydrogen-bond acceptors (Lipinski definition) is 1. The van der Waals surface area contributed by atoms with Gasteiger partial charge in [-0.3, -0.25) is 0 Å². The van der Waals surface area contributed by atoms with Gasteiger partial charge in [-0.15, -0.1) is 0 Å². The highest BCUT2D eigenvalue weighted by Gasteiger charge is 2.46. The molecule has 2 fully saturated rings. The van der Waals surface area contributed by atoms with Crippen LogP contribution in [0, 0.1) is 11.3 Å². The van der Waals surface area contributed by atoms with Crippen molar-refractivity contribution in [2.75, 3.05) is 19.6 Å². The maximum Gasteiger partial charge on any atom is 0.00404 e. The number of piperidine rings is 1. The van der Waals surface area contributed by atoms with E-state index in [1.54, 1.807) is 0 Å². The molecule has 1 saturated heterocycles. The van der Waals surface area contributed by atoms with Crippen LogP contribution in [0.1, 0.15) is 46.0 Å². The molecule has 1 aliphatic carbocycles. The predicted molar refractivity (Wildman–Crippen MR) is 56.8 cm³/mol. The van der Waals surface area contributed by atoms with E-state index in [4.69, 9.17) is 0 Å². The van der Waals surface area contributed by atoms with Gasteiger partial charge in [0.2, 0.25) is 0 Å². The van der Waals surface area contributed by atoms with Gasteiger partial charge in [-0.05, 0) is 50.1 Å². The molecular formula is C12H23N. The van der Waals surface area contributed by atoms with Gasteiger partial charge in [-0.1, -0.05) is 20.3 Å². The third kappa shape index (κ3) is 2.07. The topological polar surface area (TPSA) is 3.24 Å². The summed E-state index contributed by atoms with van der Waals surface area (Å²) < 4.78 is 0. The molecule has 1 nitrogen and oxygen atoms in total. The van der Waals surface area contributed by atoms with Gasteiger partial charge < -0.3 is 4.90 Å². The van der Waals surface area contributed by atoms with E-state index in [1.165, 1.54) is 51.7 Å². The first-order valence-electron chi connectivity index (χ1n) is 5.95. The summed E-state index contributed by atoms with van der Waals surface area (Å²) in [5, 5.41) is 0. The summed E-state index contributed by atoms with van der Waals surface area (Å²) in [5.74, 6) is 0.898. The summed E-state index contributed by atoms with van der Waals surface area (Å²) in [4.78, 5) is 2.70. The summed E-state index contributed by atoms with van der Waals surface area (Å²) in [6, 6.07) is 0. The first-order chi connectivity index (χ1) is 6.23. The highest BCUT2D eigenvalue weighted by molar-refractivity contribution is 4.97. The Balaban J connectivity index is 1.82. The second-order valence-electron chi connectivity index (χ2n) is 5.35. The fourth-order valence-electron chi connectivity index (χ4n) is 2.64. The molecule has 0 unspecified atom stereocenters. The molecule has 1 saturated carbocycles. The molecule has 0 atom stereocenters. The zero-order valence-corrected chi connectivity index (χ0v) is 9.18. The smallest absolute Gasteiger partial charge is 0.00404 e. The molecule has 0 aromatic rings. The number of hydrogen-bond donors (Lipinski definition) is 0. The van der Waals surface area contributed by atoms with Crippen molar-refractivity contribution in [3.63, 3.8) is 0 Å². The Kier molecular flexibility index (Phi) is 2.64. The molecule has 2 rings (SSSR count). The van der Waals surface area contributed by atoms with Gasteiger partial charge in [0.25, 0.3) is 0 Å². The van der Waals surface area contributed by atoms with E-state index in [2.05, 4.69) is 18.7 Å². The Hall–Kier alpha value is -0.0400. The van der Waals surface area contributed by atoms with Crippen LogP contribution < -0.4 is 0 Å². The van der Waals surface area contributed by atoms with E-state index in [1.807, 2.05) is 0 Å². The lowest BCUT2D eigenvalue weighted by Crippen LogP contribution is -2.36. The molecule has 13 heavy (non-hydrogen) atoms. The normalized spacial score (nSPS) is 27.9. The zero-order chi connectivity index (χ0) is 9.31. The zero-order valence-electron chi connectivity index (χ0n) is 9.18. The quantitative estimate of drug-likeness (QED) is 0.647. The van der Waals surface area contributed by atoms with Gasteiger partial charge in [0.15, 0.2) is 0 Å². The molecule has 0 aromatic carbocycles. The van der Waals surface area contributed by atoms with Crippen LogP contribution in [0.15, 0.2) is 0 Å². The molecule has 1 aliphatic heterocycles. The molecule has 0 radical (unpaired) electrons. The van der Waals surface area contributed by atoms with Crippen LogP contribution >= 0.6 is 0 Å². The van der Waals surface area contributed by atoms with Crippen LogP contribution in [0.5, 0.6) is 0 Å². The van der Waals surface area contributed by atoms with E-state index >= 15 is 0 Å². The Morgan fingerprint density at radius 3 is 2.15 bits per heavy atom. The number of nitrogens with zero attached hydrogens (tertiary/aromatic N) is 1. The van der Waals surface area contributed by atoms with Crippen LogP contribution in [0.4, 0.5) is 0 Å². The lowest BCUT2D eigenvalue weighted by molar-refractivity contribution is 0.161. The third-order valence-electron chi connectivity index (χ3n) is 4.10. The van der Waals surface area contributed by atoms with Crippen molar-refractivity contribution in [1.29, 1.82) is 0 Å². The number of rotatable bonds is 3. The van der Waals surface area contributed by atoms with E-state index < -0.39 is 0 Å². The standard InChI is InChI=1S/C12H23N/c1-11(2)12(6-7-12)10-13-8-4-3-5-9-13/h11H,3-10H2,1-2H3. The average molecular weight is 181 g/mol. The monoisotopic (exact) mass is 181 g/mol. The van der Waals surface area contributed by atoms with Gasteiger partial charge in [0.05, 0.1) is 0 Å². The fourth-order valence-corrected chi connectivity index (χ4v) is 2.64. The molecule has 0 amide bonds. The van der Waals surface area contributed by atoms with E-state index in [0.29, 0.717) is 0 Å². The van der Waals surface area contributed by atoms with Crippen LogP contribution in [-0.4, -0.2) is 24.5 Å². The van der Waals surface area contributed by atoms with Gasteiger partial charge in [-0.2, -0.15) is 0 Å². The Labute approximate surface area is 82.5 Å². The van der Waals surface area contributed by atoms with Crippen molar-refractivity contribution in [1.82, 2.24) is 4.90 Å². The maximum atomic E-state index is 2.70. The van der Waals surface area contributed by atoms with Crippen LogP contribution in [-0.2, 0) is 0 Å². The van der Waals surface area contributed by atoms with Crippen LogP contribution in [0.3, 0.4) is 0 Å². The van der Waals surface area contributed by atoms with Crippen molar-refractivity contribution < 1.29 is 0 Å². The van der Waals surface area contributed by atoms with Gasteiger partial charge >= 0.3 is 0 Å². The molecule has 0 aromatic heterocycles. The lowest BCUT2D eigenvalue weighted by Gasteiger charge is -2.32. The maximum absolute atomic E-state index is 2.70. The summed E-state index contributed by atoms with van der Waals surface area (Å²) in [5.41, 5.74) is 0.733. The van der Waals surface area contributed by atoms with Gasteiger partial charge in [0, 0.05) is 6.54 Å². The van der Waals surface area contributed by atoms with Crippen molar-refractivity contribution in [2.24, 2.45) is 11.3 Å². The van der Waals surface area contributed by atoms with Crippen molar-refractivity contribution in [2.45, 2.75) is 46.0 Å². The minimum atomic E-state index is 0.733. The minimum absolute atomic E-state index is 0.733. The summed E-state index contributed by atoms with van der Waals surface area (Å²) in [6.07, 6.45) is 7.32. The molecule has 0 spiro atoms. The largest absolute Gasteiger partial charge is 0.303 e. The van der Waals surface area contributed by atoms with Crippen molar-refractivity contribution in [3.05, 3.63) is 0 Å². The summed E-state index contributed by atoms with van der Waals surface area (Å²) in [6.45, 7) is 8.93. The number of likely N-dealkylation sites (tertiary alicyclic amines) is 1. The van der Waals surface area contributed by atoms with Crippen LogP contribution in [0.25, 0.3) is 0 Å². The highest BCUT2D eigenvalue weighted by Crippen LogP contribution is 2.52. The van der Waals surface area contributed by atoms with E-state index in [0.717, 1.165) is 11.3 Å². The van der Waals surface area contributed by atoms with Crippen molar-refractivity contribution in [3.8, 4) is 0 Å². The molecule has 0 bridgehead atoms. The SMILES string of the molecule is CC(C)C1(CN2CCCCC2)CC1. The van der Waals surface area contributed by atoms with Crippen LogP contribution in [0.2, 0.25) is 0 Å². The Bertz CT molecular complexity index is 164. The predicted octanol–water partition coefficient (Wildman–Crippen LogP) is 2.91. The molecule has 0 N–H and O–H groups in total. The van der Waals surface area contributed by atoms with Crippen molar-refractivity contribution >= 4 is 0 Å². The summed E-state index contributed by atoms with van der Waals surface area (Å²) in [7, 11) is 0. The third-order valence-corrected chi connectivity index (χ3v) is 4.10. The van der Waals surface area contributed by atoms with Gasteiger partial charge in [0.1, 0.15) is 0 Å². The second-order valence-corrected chi connectivity index (χ2v) is 5.35. The molecule has 1 heteroatoms. The molecule has 1 heterocycles. The first-order valence-corrected chi connectivity index (χ1v) is 5.95. The molecule has 76 valence electrons. The fraction of sp³-hybridized carbons (Fsp3) is 1.00. The van der Waals surface area contributed by atoms with E-state index in [9.17, 15) is 0 Å². The Morgan fingerprint density at radius 1 is 1.08 bits per heavy atom. The average Bonchev–Trinajstić information content (AvgIpc) is 2.87. The minimum Gasteiger partial charge on any atom is -0.303 e. The second kappa shape index (κ2) is 3.61. The first kappa shape index (κ1) is 9.51. The Morgan fingerprint density at radius 2 is 1.69 bits per heavy atom. The summed E-state index contributed by atoms with van der Waals surface area (Å²) >= 11 is 0. The highest BCUT2D eigenvalue weighted by atomic mass is 15.1. The van der Waals surface area contributed by atoms with E-state index in [-0.39, 0.29) is 0 Å². The lowest BCUT2D eigenvalue weighted by atomic mass is 9.91. The van der Waals surface area contributed by atoms with Gasteiger partial charge in [-0.25, -0.2) is 0 Å². The molecular weight excluding hydrogens is 158 g/mol.